The Labute approximate surface area is 176 Å². The van der Waals surface area contributed by atoms with Crippen molar-refractivity contribution in [3.63, 3.8) is 0 Å². The summed E-state index contributed by atoms with van der Waals surface area (Å²) < 4.78 is 0. The summed E-state index contributed by atoms with van der Waals surface area (Å²) in [5.41, 5.74) is 9.46. The molecule has 0 atom stereocenters. The van der Waals surface area contributed by atoms with Crippen LogP contribution in [-0.2, 0) is 0 Å². The highest BCUT2D eigenvalue weighted by atomic mass is 16.2. The van der Waals surface area contributed by atoms with Gasteiger partial charge in [-0.2, -0.15) is 5.10 Å². The molecular weight excluding hydrogens is 368 g/mol. The second-order valence-electron chi connectivity index (χ2n) is 7.02. The summed E-state index contributed by atoms with van der Waals surface area (Å²) >= 11 is 0. The first-order valence-corrected chi connectivity index (χ1v) is 9.87. The first-order chi connectivity index (χ1) is 14.7. The van der Waals surface area contributed by atoms with Crippen molar-refractivity contribution in [2.75, 3.05) is 0 Å². The van der Waals surface area contributed by atoms with Gasteiger partial charge < -0.3 is 0 Å². The van der Waals surface area contributed by atoms with Crippen molar-refractivity contribution in [2.24, 2.45) is 5.10 Å². The number of nitrogens with one attached hydrogen (secondary N) is 1. The van der Waals surface area contributed by atoms with Gasteiger partial charge in [-0.1, -0.05) is 97.1 Å². The molecule has 0 aliphatic heterocycles. The maximum Gasteiger partial charge on any atom is 0.271 e. The van der Waals surface area contributed by atoms with Crippen LogP contribution in [0.5, 0.6) is 0 Å². The van der Waals surface area contributed by atoms with Crippen LogP contribution in [0.2, 0.25) is 0 Å². The van der Waals surface area contributed by atoms with Crippen LogP contribution in [-0.4, -0.2) is 11.6 Å². The second kappa shape index (κ2) is 9.01. The van der Waals surface area contributed by atoms with Crippen LogP contribution in [0.25, 0.3) is 22.3 Å². The summed E-state index contributed by atoms with van der Waals surface area (Å²) in [7, 11) is 0. The van der Waals surface area contributed by atoms with E-state index in [2.05, 4.69) is 34.8 Å². The molecule has 0 bridgehead atoms. The van der Waals surface area contributed by atoms with Gasteiger partial charge >= 0.3 is 0 Å². The predicted octanol–water partition coefficient (Wildman–Crippen LogP) is 6.17. The SMILES string of the molecule is C/C(=N\NC(=O)c1ccc(-c2ccccc2)cc1)c1ccc(-c2ccccc2)cc1. The molecular formula is C27H22N2O. The number of hydrogen-bond donors (Lipinski definition) is 1. The molecule has 4 aromatic carbocycles. The highest BCUT2D eigenvalue weighted by Gasteiger charge is 2.06. The van der Waals surface area contributed by atoms with E-state index >= 15 is 0 Å². The van der Waals surface area contributed by atoms with Gasteiger partial charge in [-0.25, -0.2) is 5.43 Å². The lowest BCUT2D eigenvalue weighted by Gasteiger charge is -2.06. The Morgan fingerprint density at radius 3 is 1.43 bits per heavy atom. The monoisotopic (exact) mass is 390 g/mol. The molecule has 0 aromatic heterocycles. The Kier molecular flexibility index (Phi) is 5.81. The first-order valence-electron chi connectivity index (χ1n) is 9.87. The maximum atomic E-state index is 12.4. The largest absolute Gasteiger partial charge is 0.271 e. The van der Waals surface area contributed by atoms with Crippen molar-refractivity contribution in [3.8, 4) is 22.3 Å². The Hall–Kier alpha value is -3.98. The molecule has 4 rings (SSSR count). The van der Waals surface area contributed by atoms with Crippen LogP contribution >= 0.6 is 0 Å². The first kappa shape index (κ1) is 19.3. The third-order valence-electron chi connectivity index (χ3n) is 4.99. The average molecular weight is 390 g/mol. The van der Waals surface area contributed by atoms with Gasteiger partial charge in [-0.05, 0) is 46.9 Å². The highest BCUT2D eigenvalue weighted by molar-refractivity contribution is 6.01. The van der Waals surface area contributed by atoms with Crippen LogP contribution < -0.4 is 5.43 Å². The molecule has 0 heterocycles. The number of carbonyl (C=O) groups is 1. The molecule has 0 radical (unpaired) electrons. The van der Waals surface area contributed by atoms with Crippen LogP contribution in [0.3, 0.4) is 0 Å². The fourth-order valence-corrected chi connectivity index (χ4v) is 3.24. The maximum absolute atomic E-state index is 12.4. The lowest BCUT2D eigenvalue weighted by Crippen LogP contribution is -2.19. The summed E-state index contributed by atoms with van der Waals surface area (Å²) in [6.07, 6.45) is 0. The van der Waals surface area contributed by atoms with Gasteiger partial charge in [0, 0.05) is 5.56 Å². The van der Waals surface area contributed by atoms with E-state index in [0.717, 1.165) is 28.0 Å². The topological polar surface area (TPSA) is 41.5 Å². The molecule has 4 aromatic rings. The summed E-state index contributed by atoms with van der Waals surface area (Å²) in [4.78, 5) is 12.4. The molecule has 30 heavy (non-hydrogen) atoms. The fraction of sp³-hybridized carbons (Fsp3) is 0.0370. The molecule has 1 N–H and O–H groups in total. The number of hydrazone groups is 1. The van der Waals surface area contributed by atoms with Crippen molar-refractivity contribution in [3.05, 3.63) is 120 Å². The predicted molar refractivity (Wildman–Crippen MR) is 123 cm³/mol. The van der Waals surface area contributed by atoms with Crippen molar-refractivity contribution < 1.29 is 4.79 Å². The molecule has 0 aliphatic rings. The average Bonchev–Trinajstić information content (AvgIpc) is 2.83. The molecule has 0 spiro atoms. The van der Waals surface area contributed by atoms with Crippen LogP contribution in [0.1, 0.15) is 22.8 Å². The Morgan fingerprint density at radius 2 is 0.967 bits per heavy atom. The van der Waals surface area contributed by atoms with E-state index in [-0.39, 0.29) is 5.91 Å². The number of nitrogens with zero attached hydrogens (tertiary/aromatic N) is 1. The van der Waals surface area contributed by atoms with Crippen molar-refractivity contribution in [1.82, 2.24) is 5.43 Å². The summed E-state index contributed by atoms with van der Waals surface area (Å²) in [6, 6.07) is 36.0. The molecule has 0 saturated carbocycles. The quantitative estimate of drug-likeness (QED) is 0.321. The van der Waals surface area contributed by atoms with Gasteiger partial charge in [-0.3, -0.25) is 4.79 Å². The Bertz CT molecular complexity index is 1150. The molecule has 3 nitrogen and oxygen atoms in total. The van der Waals surface area contributed by atoms with Gasteiger partial charge in [-0.15, -0.1) is 0 Å². The van der Waals surface area contributed by atoms with Gasteiger partial charge in [0.2, 0.25) is 0 Å². The van der Waals surface area contributed by atoms with Gasteiger partial charge in [0.05, 0.1) is 5.71 Å². The lowest BCUT2D eigenvalue weighted by molar-refractivity contribution is 0.0955. The number of benzene rings is 4. The van der Waals surface area contributed by atoms with Crippen LogP contribution in [0, 0.1) is 0 Å². The molecule has 0 fully saturated rings. The van der Waals surface area contributed by atoms with Gasteiger partial charge in [0.15, 0.2) is 0 Å². The molecule has 0 saturated heterocycles. The Balaban J connectivity index is 1.42. The van der Waals surface area contributed by atoms with Gasteiger partial charge in [0.25, 0.3) is 5.91 Å². The van der Waals surface area contributed by atoms with E-state index < -0.39 is 0 Å². The van der Waals surface area contributed by atoms with Crippen molar-refractivity contribution in [2.45, 2.75) is 6.92 Å². The van der Waals surface area contributed by atoms with Crippen molar-refractivity contribution >= 4 is 11.6 Å². The minimum absolute atomic E-state index is 0.227. The van der Waals surface area contributed by atoms with Gasteiger partial charge in [0.1, 0.15) is 0 Å². The zero-order chi connectivity index (χ0) is 20.8. The van der Waals surface area contributed by atoms with E-state index in [1.807, 2.05) is 91.9 Å². The zero-order valence-electron chi connectivity index (χ0n) is 16.7. The third kappa shape index (κ3) is 4.53. The van der Waals surface area contributed by atoms with E-state index in [9.17, 15) is 4.79 Å². The fourth-order valence-electron chi connectivity index (χ4n) is 3.24. The van der Waals surface area contributed by atoms with Crippen LogP contribution in [0.15, 0.2) is 114 Å². The zero-order valence-corrected chi connectivity index (χ0v) is 16.7. The van der Waals surface area contributed by atoms with E-state index in [1.54, 1.807) is 0 Å². The van der Waals surface area contributed by atoms with Crippen LogP contribution in [0.4, 0.5) is 0 Å². The van der Waals surface area contributed by atoms with Crippen molar-refractivity contribution in [1.29, 1.82) is 0 Å². The minimum Gasteiger partial charge on any atom is -0.267 e. The molecule has 3 heteroatoms. The number of rotatable bonds is 5. The normalized spacial score (nSPS) is 11.2. The smallest absolute Gasteiger partial charge is 0.267 e. The summed E-state index contributed by atoms with van der Waals surface area (Å²) in [5, 5.41) is 4.27. The standard InChI is InChI=1S/C27H22N2O/c1-20(21-12-14-24(15-13-21)22-8-4-2-5-9-22)28-29-27(30)26-18-16-25(17-19-26)23-10-6-3-7-11-23/h2-19H,1H3,(H,29,30)/b28-20+. The molecule has 146 valence electrons. The number of carbonyl (C=O) groups excluding carboxylic acids is 1. The van der Waals surface area contributed by atoms with E-state index in [4.69, 9.17) is 0 Å². The number of amides is 1. The summed E-state index contributed by atoms with van der Waals surface area (Å²) in [6.45, 7) is 1.89. The number of hydrogen-bond acceptors (Lipinski definition) is 2. The lowest BCUT2D eigenvalue weighted by atomic mass is 10.0. The summed E-state index contributed by atoms with van der Waals surface area (Å²) in [5.74, 6) is -0.227. The molecule has 1 amide bonds. The van der Waals surface area contributed by atoms with E-state index in [1.165, 1.54) is 5.56 Å². The molecule has 0 unspecified atom stereocenters. The Morgan fingerprint density at radius 1 is 0.567 bits per heavy atom. The highest BCUT2D eigenvalue weighted by Crippen LogP contribution is 2.20. The molecule has 0 aliphatic carbocycles. The van der Waals surface area contributed by atoms with E-state index in [0.29, 0.717) is 5.56 Å². The minimum atomic E-state index is -0.227. The third-order valence-corrected chi connectivity index (χ3v) is 4.99. The second-order valence-corrected chi connectivity index (χ2v) is 7.02.